The molecule has 1 N–H and O–H groups in total. The summed E-state index contributed by atoms with van der Waals surface area (Å²) in [5.41, 5.74) is 1.77. The van der Waals surface area contributed by atoms with Gasteiger partial charge in [-0.15, -0.1) is 0 Å². The van der Waals surface area contributed by atoms with Crippen LogP contribution in [0.2, 0.25) is 0 Å². The highest BCUT2D eigenvalue weighted by Gasteiger charge is 2.60. The van der Waals surface area contributed by atoms with Crippen LogP contribution in [0, 0.1) is 6.92 Å². The zero-order valence-electron chi connectivity index (χ0n) is 18.2. The van der Waals surface area contributed by atoms with Gasteiger partial charge in [-0.1, -0.05) is 54.1 Å². The van der Waals surface area contributed by atoms with E-state index in [1.807, 2.05) is 61.5 Å². The van der Waals surface area contributed by atoms with Gasteiger partial charge in [0, 0.05) is 11.3 Å². The smallest absolute Gasteiger partial charge is 0.327 e. The summed E-state index contributed by atoms with van der Waals surface area (Å²) >= 11 is 0. The van der Waals surface area contributed by atoms with Gasteiger partial charge in [-0.3, -0.25) is 19.1 Å². The molecule has 0 radical (unpaired) electrons. The molecule has 1 unspecified atom stereocenters. The number of hydrogen-bond donors (Lipinski definition) is 1. The SMILES string of the molecule is COC(=O)[C@@H]1C[C@](C(=O)OC)(S(=O)c2ccc(C)cc2)[C@@H](c2ccc3ccccc3c2)N1. The van der Waals surface area contributed by atoms with Crippen LogP contribution in [0.5, 0.6) is 0 Å². The van der Waals surface area contributed by atoms with Gasteiger partial charge in [-0.05, 0) is 41.5 Å². The van der Waals surface area contributed by atoms with E-state index in [2.05, 4.69) is 5.32 Å². The van der Waals surface area contributed by atoms with Gasteiger partial charge in [0.05, 0.1) is 31.1 Å². The summed E-state index contributed by atoms with van der Waals surface area (Å²) in [6, 6.07) is 19.3. The topological polar surface area (TPSA) is 81.7 Å². The molecule has 0 amide bonds. The first kappa shape index (κ1) is 22.2. The van der Waals surface area contributed by atoms with Crippen LogP contribution in [0.1, 0.15) is 23.6 Å². The number of nitrogens with one attached hydrogen (secondary N) is 1. The van der Waals surface area contributed by atoms with Gasteiger partial charge in [-0.2, -0.15) is 0 Å². The average molecular weight is 452 g/mol. The molecule has 0 aliphatic carbocycles. The number of fused-ring (bicyclic) bond motifs is 1. The quantitative estimate of drug-likeness (QED) is 0.599. The first-order valence-corrected chi connectivity index (χ1v) is 11.4. The van der Waals surface area contributed by atoms with Crippen molar-refractivity contribution in [2.45, 2.75) is 35.1 Å². The Morgan fingerprint density at radius 1 is 0.969 bits per heavy atom. The summed E-state index contributed by atoms with van der Waals surface area (Å²) in [5.74, 6) is -1.14. The molecule has 7 heteroatoms. The molecule has 4 atom stereocenters. The zero-order valence-corrected chi connectivity index (χ0v) is 19.0. The number of benzene rings is 3. The maximum Gasteiger partial charge on any atom is 0.327 e. The second kappa shape index (κ2) is 8.84. The maximum absolute atomic E-state index is 14.0. The molecule has 0 spiro atoms. The van der Waals surface area contributed by atoms with Crippen molar-refractivity contribution in [1.82, 2.24) is 5.32 Å². The van der Waals surface area contributed by atoms with Crippen LogP contribution in [0.4, 0.5) is 0 Å². The average Bonchev–Trinajstić information content (AvgIpc) is 3.24. The summed E-state index contributed by atoms with van der Waals surface area (Å²) in [7, 11) is 0.769. The third kappa shape index (κ3) is 3.72. The number of methoxy groups -OCH3 is 2. The van der Waals surface area contributed by atoms with Gasteiger partial charge in [0.2, 0.25) is 0 Å². The Morgan fingerprint density at radius 2 is 1.66 bits per heavy atom. The molecule has 0 bridgehead atoms. The lowest BCUT2D eigenvalue weighted by Crippen LogP contribution is -2.48. The van der Waals surface area contributed by atoms with Gasteiger partial charge < -0.3 is 9.47 Å². The molecule has 1 heterocycles. The largest absolute Gasteiger partial charge is 0.468 e. The van der Waals surface area contributed by atoms with Gasteiger partial charge in [0.1, 0.15) is 6.04 Å². The summed E-state index contributed by atoms with van der Waals surface area (Å²) in [6.45, 7) is 1.94. The second-order valence-corrected chi connectivity index (χ2v) is 9.69. The Morgan fingerprint density at radius 3 is 2.31 bits per heavy atom. The molecule has 4 rings (SSSR count). The number of carbonyl (C=O) groups excluding carboxylic acids is 2. The van der Waals surface area contributed by atoms with E-state index in [1.54, 1.807) is 12.1 Å². The Labute approximate surface area is 189 Å². The van der Waals surface area contributed by atoms with Crippen molar-refractivity contribution in [3.8, 4) is 0 Å². The van der Waals surface area contributed by atoms with Crippen molar-refractivity contribution in [2.75, 3.05) is 14.2 Å². The molecule has 6 nitrogen and oxygen atoms in total. The molecule has 166 valence electrons. The Balaban J connectivity index is 1.89. The predicted molar refractivity (Wildman–Crippen MR) is 123 cm³/mol. The Bertz CT molecular complexity index is 1190. The number of aryl methyl sites for hydroxylation is 1. The highest BCUT2D eigenvalue weighted by molar-refractivity contribution is 7.87. The standard InChI is InChI=1S/C25H25NO5S/c1-16-8-12-20(13-9-16)32(29)25(24(28)31-3)15-21(23(27)30-2)26-22(25)19-11-10-17-6-4-5-7-18(17)14-19/h4-14,21-22,26H,15H2,1-3H3/t21-,22+,25-,32?/m0/s1. The van der Waals surface area contributed by atoms with Gasteiger partial charge in [0.15, 0.2) is 4.75 Å². The van der Waals surface area contributed by atoms with E-state index in [0.29, 0.717) is 4.90 Å². The van der Waals surface area contributed by atoms with Gasteiger partial charge in [-0.25, -0.2) is 0 Å². The lowest BCUT2D eigenvalue weighted by Gasteiger charge is -2.31. The minimum atomic E-state index is -1.80. The summed E-state index contributed by atoms with van der Waals surface area (Å²) in [5, 5.41) is 5.25. The highest BCUT2D eigenvalue weighted by atomic mass is 32.2. The Kier molecular flexibility index (Phi) is 6.13. The first-order valence-electron chi connectivity index (χ1n) is 10.3. The maximum atomic E-state index is 14.0. The second-order valence-electron chi connectivity index (χ2n) is 7.95. The van der Waals surface area contributed by atoms with Crippen LogP contribution in [0.3, 0.4) is 0 Å². The molecule has 3 aromatic carbocycles. The number of ether oxygens (including phenoxy) is 2. The van der Waals surface area contributed by atoms with Crippen LogP contribution in [0.15, 0.2) is 71.6 Å². The molecular weight excluding hydrogens is 426 g/mol. The van der Waals surface area contributed by atoms with Crippen LogP contribution in [-0.4, -0.2) is 41.2 Å². The summed E-state index contributed by atoms with van der Waals surface area (Å²) in [6.07, 6.45) is -0.00960. The lowest BCUT2D eigenvalue weighted by atomic mass is 9.91. The van der Waals surface area contributed by atoms with Crippen LogP contribution in [-0.2, 0) is 29.9 Å². The predicted octanol–water partition coefficient (Wildman–Crippen LogP) is 3.44. The van der Waals surface area contributed by atoms with E-state index in [9.17, 15) is 13.8 Å². The third-order valence-electron chi connectivity index (χ3n) is 6.03. The zero-order chi connectivity index (χ0) is 22.9. The minimum absolute atomic E-state index is 0.00960. The lowest BCUT2D eigenvalue weighted by molar-refractivity contribution is -0.144. The van der Waals surface area contributed by atoms with Crippen LogP contribution >= 0.6 is 0 Å². The number of carbonyl (C=O) groups is 2. The minimum Gasteiger partial charge on any atom is -0.468 e. The molecule has 3 aromatic rings. The fourth-order valence-electron chi connectivity index (χ4n) is 4.37. The summed E-state index contributed by atoms with van der Waals surface area (Å²) in [4.78, 5) is 26.3. The van der Waals surface area contributed by atoms with E-state index in [-0.39, 0.29) is 6.42 Å². The summed E-state index contributed by atoms with van der Waals surface area (Å²) < 4.78 is 22.6. The van der Waals surface area contributed by atoms with Crippen molar-refractivity contribution in [1.29, 1.82) is 0 Å². The van der Waals surface area contributed by atoms with E-state index in [4.69, 9.17) is 9.47 Å². The number of hydrogen-bond acceptors (Lipinski definition) is 6. The molecule has 1 aliphatic heterocycles. The van der Waals surface area contributed by atoms with E-state index in [1.165, 1.54) is 14.2 Å². The van der Waals surface area contributed by atoms with Crippen molar-refractivity contribution in [3.05, 3.63) is 77.9 Å². The highest BCUT2D eigenvalue weighted by Crippen LogP contribution is 2.45. The van der Waals surface area contributed by atoms with Crippen molar-refractivity contribution >= 4 is 33.5 Å². The van der Waals surface area contributed by atoms with Crippen molar-refractivity contribution < 1.29 is 23.3 Å². The van der Waals surface area contributed by atoms with Crippen molar-refractivity contribution in [3.63, 3.8) is 0 Å². The molecular formula is C25H25NO5S. The van der Waals surface area contributed by atoms with E-state index < -0.39 is 39.6 Å². The van der Waals surface area contributed by atoms with Crippen LogP contribution < -0.4 is 5.32 Å². The molecule has 1 fully saturated rings. The molecule has 0 saturated carbocycles. The number of esters is 2. The van der Waals surface area contributed by atoms with Gasteiger partial charge >= 0.3 is 11.9 Å². The number of rotatable bonds is 5. The monoisotopic (exact) mass is 451 g/mol. The first-order chi connectivity index (χ1) is 15.4. The van der Waals surface area contributed by atoms with E-state index >= 15 is 0 Å². The van der Waals surface area contributed by atoms with E-state index in [0.717, 1.165) is 21.9 Å². The third-order valence-corrected chi connectivity index (χ3v) is 7.96. The van der Waals surface area contributed by atoms with Crippen LogP contribution in [0.25, 0.3) is 10.8 Å². The normalized spacial score (nSPS) is 23.6. The molecule has 32 heavy (non-hydrogen) atoms. The fourth-order valence-corrected chi connectivity index (χ4v) is 6.14. The molecule has 0 aromatic heterocycles. The molecule has 1 aliphatic rings. The Hall–Kier alpha value is -3.03. The molecule has 1 saturated heterocycles. The van der Waals surface area contributed by atoms with Crippen molar-refractivity contribution in [2.24, 2.45) is 0 Å². The fraction of sp³-hybridized carbons (Fsp3) is 0.280. The van der Waals surface area contributed by atoms with Gasteiger partial charge in [0.25, 0.3) is 0 Å².